The van der Waals surface area contributed by atoms with E-state index < -0.39 is 17.5 Å². The molecular formula is C25H20F2N4O. The Morgan fingerprint density at radius 2 is 1.81 bits per heavy atom. The number of nitrogens with zero attached hydrogens (tertiary/aromatic N) is 2. The van der Waals surface area contributed by atoms with Crippen LogP contribution in [0.1, 0.15) is 28.8 Å². The molecule has 160 valence electrons. The molecule has 1 saturated carbocycles. The van der Waals surface area contributed by atoms with Crippen LogP contribution in [0, 0.1) is 11.6 Å². The number of rotatable bonds is 6. The van der Waals surface area contributed by atoms with E-state index in [1.165, 1.54) is 0 Å². The Kier molecular flexibility index (Phi) is 5.23. The number of anilines is 1. The summed E-state index contributed by atoms with van der Waals surface area (Å²) in [6.07, 6.45) is 3.88. The van der Waals surface area contributed by atoms with Crippen molar-refractivity contribution in [3.8, 4) is 11.1 Å². The molecule has 3 aromatic carbocycles. The number of carbonyl (C=O) groups excluding carboxylic acids is 1. The van der Waals surface area contributed by atoms with Gasteiger partial charge in [-0.25, -0.2) is 18.7 Å². The number of hydrogen-bond acceptors (Lipinski definition) is 4. The predicted octanol–water partition coefficient (Wildman–Crippen LogP) is 5.08. The van der Waals surface area contributed by atoms with Gasteiger partial charge in [0, 0.05) is 24.0 Å². The number of fused-ring (bicyclic) bond motifs is 1. The van der Waals surface area contributed by atoms with Crippen LogP contribution in [0.2, 0.25) is 0 Å². The molecule has 0 atom stereocenters. The Hall–Kier alpha value is -3.87. The summed E-state index contributed by atoms with van der Waals surface area (Å²) in [6, 6.07) is 17.2. The van der Waals surface area contributed by atoms with Crippen LogP contribution in [0.15, 0.2) is 67.0 Å². The molecule has 32 heavy (non-hydrogen) atoms. The zero-order valence-corrected chi connectivity index (χ0v) is 17.1. The Balaban J connectivity index is 1.36. The Labute approximate surface area is 183 Å². The van der Waals surface area contributed by atoms with Crippen molar-refractivity contribution < 1.29 is 13.6 Å². The second kappa shape index (κ2) is 8.34. The first-order valence-corrected chi connectivity index (χ1v) is 10.4. The highest BCUT2D eigenvalue weighted by atomic mass is 19.1. The predicted molar refractivity (Wildman–Crippen MR) is 119 cm³/mol. The summed E-state index contributed by atoms with van der Waals surface area (Å²) < 4.78 is 26.9. The van der Waals surface area contributed by atoms with E-state index in [1.807, 2.05) is 36.4 Å². The molecule has 0 bridgehead atoms. The SMILES string of the molecule is O=C(NCc1cccc(-c2ccc3ncnc(NC4CC4)c3c2)c1)c1ccc(F)cc1F. The fourth-order valence-electron chi connectivity index (χ4n) is 3.58. The minimum Gasteiger partial charge on any atom is -0.367 e. The first-order chi connectivity index (χ1) is 15.6. The van der Waals surface area contributed by atoms with Crippen molar-refractivity contribution in [2.75, 3.05) is 5.32 Å². The molecular weight excluding hydrogens is 410 g/mol. The zero-order chi connectivity index (χ0) is 22.1. The highest BCUT2D eigenvalue weighted by Gasteiger charge is 2.22. The topological polar surface area (TPSA) is 66.9 Å². The molecule has 1 heterocycles. The van der Waals surface area contributed by atoms with Gasteiger partial charge in [0.05, 0.1) is 11.1 Å². The van der Waals surface area contributed by atoms with Gasteiger partial charge >= 0.3 is 0 Å². The van der Waals surface area contributed by atoms with Crippen LogP contribution in [-0.2, 0) is 6.54 Å². The van der Waals surface area contributed by atoms with Crippen LogP contribution in [0.4, 0.5) is 14.6 Å². The second-order valence-corrected chi connectivity index (χ2v) is 7.88. The number of carbonyl (C=O) groups is 1. The van der Waals surface area contributed by atoms with Gasteiger partial charge in [-0.15, -0.1) is 0 Å². The van der Waals surface area contributed by atoms with Gasteiger partial charge < -0.3 is 10.6 Å². The van der Waals surface area contributed by atoms with Gasteiger partial charge in [0.2, 0.25) is 0 Å². The molecule has 5 nitrogen and oxygen atoms in total. The zero-order valence-electron chi connectivity index (χ0n) is 17.1. The van der Waals surface area contributed by atoms with Crippen LogP contribution in [0.25, 0.3) is 22.0 Å². The standard InChI is InChI=1S/C25H20F2N4O/c26-18-5-8-20(22(27)12-18)25(32)28-13-15-2-1-3-16(10-15)17-4-9-23-21(11-17)24(30-14-29-23)31-19-6-7-19/h1-5,8-12,14,19H,6-7,13H2,(H,28,32)(H,29,30,31). The summed E-state index contributed by atoms with van der Waals surface area (Å²) in [5.41, 5.74) is 3.53. The lowest BCUT2D eigenvalue weighted by molar-refractivity contribution is 0.0947. The molecule has 0 spiro atoms. The molecule has 7 heteroatoms. The third-order valence-electron chi connectivity index (χ3n) is 5.44. The maximum Gasteiger partial charge on any atom is 0.254 e. The maximum atomic E-state index is 13.8. The van der Waals surface area contributed by atoms with Crippen LogP contribution < -0.4 is 10.6 Å². The smallest absolute Gasteiger partial charge is 0.254 e. The van der Waals surface area contributed by atoms with Crippen molar-refractivity contribution in [2.45, 2.75) is 25.4 Å². The van der Waals surface area contributed by atoms with Crippen molar-refractivity contribution in [3.63, 3.8) is 0 Å². The molecule has 4 aromatic rings. The Bertz CT molecular complexity index is 1320. The summed E-state index contributed by atoms with van der Waals surface area (Å²) in [5, 5.41) is 7.10. The van der Waals surface area contributed by atoms with E-state index in [0.29, 0.717) is 12.1 Å². The van der Waals surface area contributed by atoms with Gasteiger partial charge in [-0.2, -0.15) is 0 Å². The van der Waals surface area contributed by atoms with Crippen LogP contribution >= 0.6 is 0 Å². The third-order valence-corrected chi connectivity index (χ3v) is 5.44. The largest absolute Gasteiger partial charge is 0.367 e. The third kappa shape index (κ3) is 4.27. The molecule has 0 aliphatic heterocycles. The van der Waals surface area contributed by atoms with Gasteiger partial charge in [0.25, 0.3) is 5.91 Å². The van der Waals surface area contributed by atoms with Crippen molar-refractivity contribution in [3.05, 3.63) is 89.8 Å². The van der Waals surface area contributed by atoms with Gasteiger partial charge in [-0.1, -0.05) is 24.3 Å². The average Bonchev–Trinajstić information content (AvgIpc) is 3.62. The number of amides is 1. The highest BCUT2D eigenvalue weighted by molar-refractivity contribution is 5.94. The van der Waals surface area contributed by atoms with Crippen LogP contribution in [0.5, 0.6) is 0 Å². The molecule has 1 aliphatic rings. The molecule has 1 fully saturated rings. The first kappa shape index (κ1) is 20.1. The van der Waals surface area contributed by atoms with Crippen molar-refractivity contribution in [1.29, 1.82) is 0 Å². The van der Waals surface area contributed by atoms with Crippen LogP contribution in [0.3, 0.4) is 0 Å². The summed E-state index contributed by atoms with van der Waals surface area (Å²) in [7, 11) is 0. The Morgan fingerprint density at radius 3 is 2.62 bits per heavy atom. The molecule has 1 amide bonds. The molecule has 0 unspecified atom stereocenters. The van der Waals surface area contributed by atoms with Crippen LogP contribution in [-0.4, -0.2) is 21.9 Å². The molecule has 2 N–H and O–H groups in total. The lowest BCUT2D eigenvalue weighted by atomic mass is 10.0. The summed E-state index contributed by atoms with van der Waals surface area (Å²) >= 11 is 0. The molecule has 0 saturated heterocycles. The van der Waals surface area contributed by atoms with E-state index in [9.17, 15) is 13.6 Å². The molecule has 0 radical (unpaired) electrons. The van der Waals surface area contributed by atoms with Gasteiger partial charge in [-0.05, 0) is 59.9 Å². The second-order valence-electron chi connectivity index (χ2n) is 7.88. The Morgan fingerprint density at radius 1 is 0.969 bits per heavy atom. The number of halogens is 2. The first-order valence-electron chi connectivity index (χ1n) is 10.4. The fraction of sp³-hybridized carbons (Fsp3) is 0.160. The van der Waals surface area contributed by atoms with E-state index >= 15 is 0 Å². The molecule has 1 aromatic heterocycles. The van der Waals surface area contributed by atoms with E-state index in [0.717, 1.165) is 58.4 Å². The number of aromatic nitrogens is 2. The summed E-state index contributed by atoms with van der Waals surface area (Å²) in [6.45, 7) is 0.217. The van der Waals surface area contributed by atoms with E-state index in [4.69, 9.17) is 0 Å². The number of nitrogens with one attached hydrogen (secondary N) is 2. The average molecular weight is 430 g/mol. The van der Waals surface area contributed by atoms with Gasteiger partial charge in [-0.3, -0.25) is 4.79 Å². The molecule has 1 aliphatic carbocycles. The minimum atomic E-state index is -0.884. The fourth-order valence-corrected chi connectivity index (χ4v) is 3.58. The lowest BCUT2D eigenvalue weighted by Crippen LogP contribution is -2.23. The normalized spacial score (nSPS) is 13.2. The minimum absolute atomic E-state index is 0.187. The summed E-state index contributed by atoms with van der Waals surface area (Å²) in [4.78, 5) is 21.1. The van der Waals surface area contributed by atoms with E-state index in [1.54, 1.807) is 6.33 Å². The van der Waals surface area contributed by atoms with E-state index in [2.05, 4.69) is 26.7 Å². The van der Waals surface area contributed by atoms with Crippen molar-refractivity contribution in [1.82, 2.24) is 15.3 Å². The molecule has 5 rings (SSSR count). The van der Waals surface area contributed by atoms with Crippen molar-refractivity contribution in [2.24, 2.45) is 0 Å². The quantitative estimate of drug-likeness (QED) is 0.448. The van der Waals surface area contributed by atoms with Gasteiger partial charge in [0.1, 0.15) is 23.8 Å². The van der Waals surface area contributed by atoms with Gasteiger partial charge in [0.15, 0.2) is 0 Å². The van der Waals surface area contributed by atoms with Crippen molar-refractivity contribution >= 4 is 22.6 Å². The highest BCUT2D eigenvalue weighted by Crippen LogP contribution is 2.30. The summed E-state index contributed by atoms with van der Waals surface area (Å²) in [5.74, 6) is -1.36. The van der Waals surface area contributed by atoms with E-state index in [-0.39, 0.29) is 12.1 Å². The monoisotopic (exact) mass is 430 g/mol. The lowest BCUT2D eigenvalue weighted by Gasteiger charge is -2.11. The maximum absolute atomic E-state index is 13.8. The number of hydrogen-bond donors (Lipinski definition) is 2. The number of benzene rings is 3.